The summed E-state index contributed by atoms with van der Waals surface area (Å²) >= 11 is 16.4. The summed E-state index contributed by atoms with van der Waals surface area (Å²) in [7, 11) is 0. The average Bonchev–Trinajstić information content (AvgIpc) is 2.05. The summed E-state index contributed by atoms with van der Waals surface area (Å²) in [4.78, 5) is 12.3. The largest absolute Gasteiger partial charge is 0.362 e. The second-order valence-electron chi connectivity index (χ2n) is 2.05. The third-order valence-electron chi connectivity index (χ3n) is 1.39. The second-order valence-corrected chi connectivity index (χ2v) is 3.13. The fourth-order valence-corrected chi connectivity index (χ4v) is 1.30. The predicted molar refractivity (Wildman–Crippen MR) is 52.5 cm³/mol. The first kappa shape index (κ1) is 12.1. The first-order chi connectivity index (χ1) is 5.54. The van der Waals surface area contributed by atoms with Crippen molar-refractivity contribution in [1.82, 2.24) is 4.90 Å². The zero-order valence-corrected chi connectivity index (χ0v) is 9.17. The number of carbonyl (C=O) groups excluding carboxylic acids is 1. The van der Waals surface area contributed by atoms with Crippen LogP contribution >= 0.6 is 34.8 Å². The topological polar surface area (TPSA) is 20.3 Å². The molecule has 0 aromatic carbocycles. The van der Waals surface area contributed by atoms with Crippen LogP contribution in [0.1, 0.15) is 13.8 Å². The summed E-state index contributed by atoms with van der Waals surface area (Å²) in [6, 6.07) is 0. The van der Waals surface area contributed by atoms with Gasteiger partial charge >= 0.3 is 0 Å². The van der Waals surface area contributed by atoms with Crippen LogP contribution in [0.2, 0.25) is 0 Å². The van der Waals surface area contributed by atoms with Crippen molar-refractivity contribution in [1.29, 1.82) is 0 Å². The predicted octanol–water partition coefficient (Wildman–Crippen LogP) is 2.74. The number of rotatable bonds is 4. The third-order valence-corrected chi connectivity index (χ3v) is 2.56. The standard InChI is InChI=1S/C7H10Cl3NO/c1-3-11(4-2)6(9)5(8)7(10)12/h3-4H2,1-2H3/b6-5-. The first-order valence-corrected chi connectivity index (χ1v) is 4.68. The molecular weight excluding hydrogens is 220 g/mol. The van der Waals surface area contributed by atoms with Crippen LogP contribution in [0.4, 0.5) is 0 Å². The van der Waals surface area contributed by atoms with Crippen molar-refractivity contribution in [2.24, 2.45) is 0 Å². The smallest absolute Gasteiger partial charge is 0.266 e. The highest BCUT2D eigenvalue weighted by atomic mass is 35.5. The van der Waals surface area contributed by atoms with E-state index in [-0.39, 0.29) is 10.2 Å². The van der Waals surface area contributed by atoms with Gasteiger partial charge in [-0.15, -0.1) is 0 Å². The lowest BCUT2D eigenvalue weighted by Gasteiger charge is -2.19. The molecule has 0 bridgehead atoms. The Hall–Kier alpha value is 0.0800. The van der Waals surface area contributed by atoms with Crippen LogP contribution in [-0.2, 0) is 4.79 Å². The lowest BCUT2D eigenvalue weighted by atomic mass is 10.5. The Labute approximate surface area is 87.1 Å². The van der Waals surface area contributed by atoms with Gasteiger partial charge in [-0.3, -0.25) is 4.79 Å². The van der Waals surface area contributed by atoms with Crippen LogP contribution in [0.15, 0.2) is 10.2 Å². The van der Waals surface area contributed by atoms with Crippen molar-refractivity contribution >= 4 is 40.0 Å². The molecule has 0 aliphatic carbocycles. The summed E-state index contributed by atoms with van der Waals surface area (Å²) in [6.07, 6.45) is 0. The Balaban J connectivity index is 4.62. The molecule has 0 heterocycles. The number of nitrogens with zero attached hydrogens (tertiary/aromatic N) is 1. The summed E-state index contributed by atoms with van der Waals surface area (Å²) in [5.41, 5.74) is 0. The number of halogens is 3. The van der Waals surface area contributed by atoms with Crippen molar-refractivity contribution in [2.75, 3.05) is 13.1 Å². The number of hydrogen-bond acceptors (Lipinski definition) is 2. The quantitative estimate of drug-likeness (QED) is 0.420. The molecule has 0 aromatic heterocycles. The highest BCUT2D eigenvalue weighted by Crippen LogP contribution is 2.19. The Morgan fingerprint density at radius 1 is 1.17 bits per heavy atom. The van der Waals surface area contributed by atoms with Gasteiger partial charge in [0.25, 0.3) is 5.24 Å². The molecule has 0 spiro atoms. The molecule has 2 nitrogen and oxygen atoms in total. The van der Waals surface area contributed by atoms with Crippen LogP contribution < -0.4 is 0 Å². The van der Waals surface area contributed by atoms with E-state index in [1.54, 1.807) is 4.90 Å². The molecule has 0 rings (SSSR count). The van der Waals surface area contributed by atoms with Crippen molar-refractivity contribution in [3.63, 3.8) is 0 Å². The maximum absolute atomic E-state index is 10.6. The van der Waals surface area contributed by atoms with Crippen LogP contribution in [0.5, 0.6) is 0 Å². The van der Waals surface area contributed by atoms with E-state index in [0.29, 0.717) is 13.1 Å². The van der Waals surface area contributed by atoms with Gasteiger partial charge in [0, 0.05) is 13.1 Å². The maximum Gasteiger partial charge on any atom is 0.266 e. The van der Waals surface area contributed by atoms with Gasteiger partial charge in [0.05, 0.1) is 0 Å². The van der Waals surface area contributed by atoms with E-state index in [1.165, 1.54) is 0 Å². The highest BCUT2D eigenvalue weighted by molar-refractivity contribution is 6.75. The third kappa shape index (κ3) is 3.21. The molecule has 0 saturated carbocycles. The Bertz CT molecular complexity index is 199. The zero-order chi connectivity index (χ0) is 9.72. The molecule has 70 valence electrons. The molecule has 0 N–H and O–H groups in total. The maximum atomic E-state index is 10.6. The Morgan fingerprint density at radius 3 is 1.83 bits per heavy atom. The van der Waals surface area contributed by atoms with Gasteiger partial charge in [0.1, 0.15) is 10.2 Å². The van der Waals surface area contributed by atoms with Gasteiger partial charge in [0.15, 0.2) is 0 Å². The van der Waals surface area contributed by atoms with Crippen LogP contribution in [-0.4, -0.2) is 23.2 Å². The van der Waals surface area contributed by atoms with E-state index in [0.717, 1.165) is 0 Å². The SMILES string of the molecule is CCN(CC)/C(Cl)=C(\Cl)C(=O)Cl. The van der Waals surface area contributed by atoms with E-state index >= 15 is 0 Å². The Morgan fingerprint density at radius 2 is 1.58 bits per heavy atom. The fourth-order valence-electron chi connectivity index (χ4n) is 0.721. The first-order valence-electron chi connectivity index (χ1n) is 3.54. The number of carbonyl (C=O) groups is 1. The molecule has 5 heteroatoms. The van der Waals surface area contributed by atoms with E-state index in [9.17, 15) is 4.79 Å². The van der Waals surface area contributed by atoms with Crippen LogP contribution in [0.3, 0.4) is 0 Å². The molecular formula is C7H10Cl3NO. The molecule has 0 aliphatic heterocycles. The minimum absolute atomic E-state index is 0.123. The summed E-state index contributed by atoms with van der Waals surface area (Å²) in [5.74, 6) is 0. The summed E-state index contributed by atoms with van der Waals surface area (Å²) in [6.45, 7) is 5.20. The fraction of sp³-hybridized carbons (Fsp3) is 0.571. The molecule has 0 saturated heterocycles. The molecule has 0 aromatic rings. The summed E-state index contributed by atoms with van der Waals surface area (Å²) < 4.78 is 0. The van der Waals surface area contributed by atoms with Gasteiger partial charge in [-0.25, -0.2) is 0 Å². The average molecular weight is 231 g/mol. The molecule has 0 atom stereocenters. The van der Waals surface area contributed by atoms with Crippen molar-refractivity contribution < 1.29 is 4.79 Å². The lowest BCUT2D eigenvalue weighted by molar-refractivity contribution is -0.108. The molecule has 0 amide bonds. The Kier molecular flexibility index (Phi) is 5.72. The van der Waals surface area contributed by atoms with E-state index in [4.69, 9.17) is 34.8 Å². The molecule has 0 radical (unpaired) electrons. The summed E-state index contributed by atoms with van der Waals surface area (Å²) in [5, 5.41) is -0.641. The lowest BCUT2D eigenvalue weighted by Crippen LogP contribution is -2.20. The van der Waals surface area contributed by atoms with Crippen LogP contribution in [0.25, 0.3) is 0 Å². The second kappa shape index (κ2) is 5.68. The zero-order valence-electron chi connectivity index (χ0n) is 6.90. The highest BCUT2D eigenvalue weighted by Gasteiger charge is 2.12. The van der Waals surface area contributed by atoms with Gasteiger partial charge in [-0.1, -0.05) is 23.2 Å². The van der Waals surface area contributed by atoms with Gasteiger partial charge < -0.3 is 4.90 Å². The van der Waals surface area contributed by atoms with Crippen molar-refractivity contribution in [3.05, 3.63) is 10.2 Å². The minimum Gasteiger partial charge on any atom is -0.362 e. The minimum atomic E-state index is -0.728. The van der Waals surface area contributed by atoms with Gasteiger partial charge in [-0.05, 0) is 25.4 Å². The molecule has 12 heavy (non-hydrogen) atoms. The normalized spacial score (nSPS) is 12.4. The van der Waals surface area contributed by atoms with Gasteiger partial charge in [-0.2, -0.15) is 0 Å². The monoisotopic (exact) mass is 229 g/mol. The number of allylic oxidation sites excluding steroid dienone is 1. The van der Waals surface area contributed by atoms with Gasteiger partial charge in [0.2, 0.25) is 0 Å². The van der Waals surface area contributed by atoms with E-state index in [2.05, 4.69) is 0 Å². The van der Waals surface area contributed by atoms with Crippen molar-refractivity contribution in [2.45, 2.75) is 13.8 Å². The van der Waals surface area contributed by atoms with Crippen molar-refractivity contribution in [3.8, 4) is 0 Å². The molecule has 0 aliphatic rings. The van der Waals surface area contributed by atoms with E-state index in [1.807, 2.05) is 13.8 Å². The number of hydrogen-bond donors (Lipinski definition) is 0. The van der Waals surface area contributed by atoms with E-state index < -0.39 is 5.24 Å². The molecule has 0 unspecified atom stereocenters. The van der Waals surface area contributed by atoms with Crippen LogP contribution in [0, 0.1) is 0 Å². The molecule has 0 fully saturated rings.